The quantitative estimate of drug-likeness (QED) is 0.689. The number of nitrogens with one attached hydrogen (secondary N) is 1. The van der Waals surface area contributed by atoms with E-state index in [0.29, 0.717) is 14.9 Å². The van der Waals surface area contributed by atoms with E-state index in [2.05, 4.69) is 5.32 Å². The highest BCUT2D eigenvalue weighted by molar-refractivity contribution is 7.89. The highest BCUT2D eigenvalue weighted by atomic mass is 35.5. The Hall–Kier alpha value is -1.85. The second kappa shape index (κ2) is 8.49. The minimum atomic E-state index is -3.70. The molecule has 1 aromatic carbocycles. The van der Waals surface area contributed by atoms with Gasteiger partial charge >= 0.3 is 6.09 Å². The summed E-state index contributed by atoms with van der Waals surface area (Å²) < 4.78 is 31.3. The summed E-state index contributed by atoms with van der Waals surface area (Å²) in [5, 5.41) is 2.69. The average Bonchev–Trinajstić information content (AvgIpc) is 3.25. The Labute approximate surface area is 182 Å². The number of cyclic esters (lactones) is 1. The van der Waals surface area contributed by atoms with Crippen LogP contribution in [0, 0.1) is 0 Å². The maximum atomic E-state index is 12.3. The zero-order valence-corrected chi connectivity index (χ0v) is 18.5. The predicted octanol–water partition coefficient (Wildman–Crippen LogP) is 3.06. The van der Waals surface area contributed by atoms with Gasteiger partial charge < -0.3 is 10.1 Å². The van der Waals surface area contributed by atoms with Crippen LogP contribution < -0.4 is 10.2 Å². The molecule has 2 aromatic rings. The monoisotopic (exact) mass is 477 g/mol. The average molecular weight is 478 g/mol. The Morgan fingerprint density at radius 2 is 2.03 bits per heavy atom. The number of ether oxygens (including phenoxy) is 1. The molecular weight excluding hydrogens is 461 g/mol. The van der Waals surface area contributed by atoms with Gasteiger partial charge in [-0.15, -0.1) is 11.3 Å². The van der Waals surface area contributed by atoms with Crippen LogP contribution in [0.3, 0.4) is 0 Å². The van der Waals surface area contributed by atoms with E-state index in [1.54, 1.807) is 12.1 Å². The molecular formula is C17H17Cl2N3O5S2. The molecule has 2 heterocycles. The molecule has 0 spiro atoms. The third-order valence-electron chi connectivity index (χ3n) is 4.15. The summed E-state index contributed by atoms with van der Waals surface area (Å²) in [5.74, 6) is -0.308. The van der Waals surface area contributed by atoms with Crippen molar-refractivity contribution in [3.05, 3.63) is 44.6 Å². The number of carbonyl (C=O) groups excluding carboxylic acids is 2. The van der Waals surface area contributed by atoms with E-state index in [4.69, 9.17) is 27.9 Å². The lowest BCUT2D eigenvalue weighted by Gasteiger charge is -2.16. The summed E-state index contributed by atoms with van der Waals surface area (Å²) >= 11 is 13.1. The summed E-state index contributed by atoms with van der Waals surface area (Å²) in [4.78, 5) is 26.0. The van der Waals surface area contributed by atoms with Crippen molar-refractivity contribution in [3.8, 4) is 0 Å². The topological polar surface area (TPSA) is 96.0 Å². The third kappa shape index (κ3) is 4.67. The molecule has 1 aliphatic heterocycles. The van der Waals surface area contributed by atoms with Crippen LogP contribution in [0.5, 0.6) is 0 Å². The predicted molar refractivity (Wildman–Crippen MR) is 112 cm³/mol. The van der Waals surface area contributed by atoms with Crippen molar-refractivity contribution in [2.24, 2.45) is 0 Å². The van der Waals surface area contributed by atoms with E-state index < -0.39 is 22.2 Å². The van der Waals surface area contributed by atoms with Gasteiger partial charge in [0.15, 0.2) is 0 Å². The van der Waals surface area contributed by atoms with Crippen molar-refractivity contribution in [1.82, 2.24) is 9.62 Å². The SMILES string of the molecule is CN(C)S(=O)(=O)c1ccc(N2C[C@H](CNC(=O)c3ccc(Cl)s3)OC2=O)cc1Cl. The van der Waals surface area contributed by atoms with Crippen molar-refractivity contribution in [2.75, 3.05) is 32.1 Å². The maximum absolute atomic E-state index is 12.3. The van der Waals surface area contributed by atoms with Gasteiger partial charge in [-0.2, -0.15) is 0 Å². The molecule has 0 bridgehead atoms. The van der Waals surface area contributed by atoms with Crippen molar-refractivity contribution in [1.29, 1.82) is 0 Å². The maximum Gasteiger partial charge on any atom is 0.414 e. The smallest absolute Gasteiger partial charge is 0.414 e. The summed E-state index contributed by atoms with van der Waals surface area (Å²) in [5.41, 5.74) is 0.400. The van der Waals surface area contributed by atoms with Crippen molar-refractivity contribution >= 4 is 62.2 Å². The molecule has 156 valence electrons. The van der Waals surface area contributed by atoms with Gasteiger partial charge in [0.2, 0.25) is 10.0 Å². The number of carbonyl (C=O) groups is 2. The van der Waals surface area contributed by atoms with Crippen LogP contribution in [0.15, 0.2) is 35.2 Å². The first-order valence-corrected chi connectivity index (χ1v) is 11.3. The van der Waals surface area contributed by atoms with Crippen LogP contribution in [0.4, 0.5) is 10.5 Å². The van der Waals surface area contributed by atoms with Crippen LogP contribution in [-0.4, -0.2) is 58.0 Å². The van der Waals surface area contributed by atoms with Gasteiger partial charge in [-0.1, -0.05) is 23.2 Å². The van der Waals surface area contributed by atoms with Crippen LogP contribution >= 0.6 is 34.5 Å². The molecule has 2 amide bonds. The lowest BCUT2D eigenvalue weighted by Crippen LogP contribution is -2.34. The molecule has 29 heavy (non-hydrogen) atoms. The van der Waals surface area contributed by atoms with E-state index in [0.717, 1.165) is 15.6 Å². The molecule has 0 radical (unpaired) electrons. The second-order valence-electron chi connectivity index (χ2n) is 6.33. The van der Waals surface area contributed by atoms with E-state index in [1.807, 2.05) is 0 Å². The van der Waals surface area contributed by atoms with Gasteiger partial charge in [0, 0.05) is 19.8 Å². The fraction of sp³-hybridized carbons (Fsp3) is 0.294. The largest absolute Gasteiger partial charge is 0.442 e. The number of anilines is 1. The molecule has 8 nitrogen and oxygen atoms in total. The van der Waals surface area contributed by atoms with Gasteiger partial charge in [-0.25, -0.2) is 17.5 Å². The Morgan fingerprint density at radius 3 is 2.62 bits per heavy atom. The summed E-state index contributed by atoms with van der Waals surface area (Å²) in [6.07, 6.45) is -1.17. The molecule has 12 heteroatoms. The fourth-order valence-corrected chi connectivity index (χ4v) is 5.00. The normalized spacial score (nSPS) is 16.9. The number of sulfonamides is 1. The standard InChI is InChI=1S/C17H17Cl2N3O5S2/c1-21(2)29(25,26)14-5-3-10(7-12(14)18)22-9-11(27-17(22)24)8-20-16(23)13-4-6-15(19)28-13/h3-7,11H,8-9H2,1-2H3,(H,20,23)/t11-/m0/s1. The molecule has 0 unspecified atom stereocenters. The molecule has 3 rings (SSSR count). The fourth-order valence-electron chi connectivity index (χ4n) is 2.63. The van der Waals surface area contributed by atoms with E-state index in [1.165, 1.54) is 37.2 Å². The number of rotatable bonds is 6. The van der Waals surface area contributed by atoms with Gasteiger partial charge in [-0.3, -0.25) is 9.69 Å². The highest BCUT2D eigenvalue weighted by Gasteiger charge is 2.33. The van der Waals surface area contributed by atoms with Gasteiger partial charge in [0.25, 0.3) is 5.91 Å². The first-order chi connectivity index (χ1) is 13.6. The van der Waals surface area contributed by atoms with Crippen LogP contribution in [0.25, 0.3) is 0 Å². The Morgan fingerprint density at radius 1 is 1.31 bits per heavy atom. The van der Waals surface area contributed by atoms with Crippen molar-refractivity contribution in [2.45, 2.75) is 11.0 Å². The highest BCUT2D eigenvalue weighted by Crippen LogP contribution is 2.30. The van der Waals surface area contributed by atoms with Gasteiger partial charge in [0.05, 0.1) is 27.3 Å². The van der Waals surface area contributed by atoms with Crippen LogP contribution in [0.1, 0.15) is 9.67 Å². The molecule has 1 aromatic heterocycles. The number of hydrogen-bond donors (Lipinski definition) is 1. The van der Waals surface area contributed by atoms with E-state index in [9.17, 15) is 18.0 Å². The zero-order chi connectivity index (χ0) is 21.3. The first-order valence-electron chi connectivity index (χ1n) is 8.33. The molecule has 0 saturated carbocycles. The molecule has 1 saturated heterocycles. The van der Waals surface area contributed by atoms with Crippen LogP contribution in [0.2, 0.25) is 9.36 Å². The minimum absolute atomic E-state index is 0.00433. The number of thiophene rings is 1. The lowest BCUT2D eigenvalue weighted by atomic mass is 10.2. The second-order valence-corrected chi connectivity index (χ2v) is 10.6. The Kier molecular flexibility index (Phi) is 6.39. The number of benzene rings is 1. The number of nitrogens with zero attached hydrogens (tertiary/aromatic N) is 2. The number of amides is 2. The summed E-state index contributed by atoms with van der Waals surface area (Å²) in [7, 11) is -0.898. The summed E-state index contributed by atoms with van der Waals surface area (Å²) in [6.45, 7) is 0.303. The van der Waals surface area contributed by atoms with Crippen LogP contribution in [-0.2, 0) is 14.8 Å². The molecule has 1 N–H and O–H groups in total. The van der Waals surface area contributed by atoms with E-state index >= 15 is 0 Å². The van der Waals surface area contributed by atoms with Gasteiger partial charge in [-0.05, 0) is 30.3 Å². The molecule has 1 fully saturated rings. The third-order valence-corrected chi connectivity index (χ3v) is 7.68. The van der Waals surface area contributed by atoms with Crippen molar-refractivity contribution < 1.29 is 22.7 Å². The zero-order valence-electron chi connectivity index (χ0n) is 15.4. The lowest BCUT2D eigenvalue weighted by molar-refractivity contribution is 0.0920. The van der Waals surface area contributed by atoms with Gasteiger partial charge in [0.1, 0.15) is 11.0 Å². The molecule has 1 aliphatic rings. The van der Waals surface area contributed by atoms with E-state index in [-0.39, 0.29) is 28.9 Å². The first kappa shape index (κ1) is 21.8. The molecule has 1 atom stereocenters. The Bertz CT molecular complexity index is 1060. The molecule has 0 aliphatic carbocycles. The van der Waals surface area contributed by atoms with Crippen molar-refractivity contribution in [3.63, 3.8) is 0 Å². The minimum Gasteiger partial charge on any atom is -0.442 e. The Balaban J connectivity index is 1.67. The number of halogens is 2. The number of hydrogen-bond acceptors (Lipinski definition) is 6. The summed E-state index contributed by atoms with van der Waals surface area (Å²) in [6, 6.07) is 7.46.